The number of benzene rings is 1. The number of nitrogens with zero attached hydrogens (tertiary/aromatic N) is 2. The lowest BCUT2D eigenvalue weighted by Crippen LogP contribution is -2.31. The molecule has 0 aliphatic rings. The molecule has 0 unspecified atom stereocenters. The topological polar surface area (TPSA) is 76.4 Å². The Morgan fingerprint density at radius 1 is 1.35 bits per heavy atom. The van der Waals surface area contributed by atoms with Crippen LogP contribution in [0.5, 0.6) is 0 Å². The van der Waals surface area contributed by atoms with Crippen LogP contribution in [0.15, 0.2) is 36.5 Å². The fraction of sp³-hybridized carbons (Fsp3) is 0.474. The van der Waals surface area contributed by atoms with E-state index < -0.39 is 12.0 Å². The molecule has 1 amide bonds. The average Bonchev–Trinajstić information content (AvgIpc) is 3.12. The van der Waals surface area contributed by atoms with Gasteiger partial charge in [0.05, 0.1) is 18.2 Å². The average molecular weight is 380 g/mol. The van der Waals surface area contributed by atoms with Crippen LogP contribution in [0.1, 0.15) is 43.4 Å². The van der Waals surface area contributed by atoms with E-state index in [2.05, 4.69) is 12.0 Å². The first-order valence-corrected chi connectivity index (χ1v) is 9.18. The molecule has 0 saturated carbocycles. The van der Waals surface area contributed by atoms with Crippen LogP contribution in [0.4, 0.5) is 0 Å². The van der Waals surface area contributed by atoms with Crippen LogP contribution in [-0.4, -0.2) is 34.1 Å². The molecule has 0 aliphatic heterocycles. The number of halogens is 1. The summed E-state index contributed by atoms with van der Waals surface area (Å²) in [6, 6.07) is 9.58. The zero-order chi connectivity index (χ0) is 18.9. The summed E-state index contributed by atoms with van der Waals surface area (Å²) in [5.41, 5.74) is 3.63. The van der Waals surface area contributed by atoms with E-state index in [9.17, 15) is 4.79 Å². The smallest absolute Gasteiger partial charge is 0.245 e. The highest BCUT2D eigenvalue weighted by Crippen LogP contribution is 2.28. The van der Waals surface area contributed by atoms with Gasteiger partial charge in [-0.15, -0.1) is 0 Å². The summed E-state index contributed by atoms with van der Waals surface area (Å²) in [5.74, 6) is -0.607. The quantitative estimate of drug-likeness (QED) is 0.488. The van der Waals surface area contributed by atoms with E-state index in [1.54, 1.807) is 12.6 Å². The molecule has 0 radical (unpaired) electrons. The Hall–Kier alpha value is -1.89. The number of nitrogens with one attached hydrogen (secondary N) is 1. The van der Waals surface area contributed by atoms with Gasteiger partial charge in [0.1, 0.15) is 0 Å². The van der Waals surface area contributed by atoms with Crippen LogP contribution in [-0.2, 0) is 22.5 Å². The first kappa shape index (κ1) is 20.4. The molecule has 6 nitrogen and oxygen atoms in total. The van der Waals surface area contributed by atoms with Gasteiger partial charge in [-0.1, -0.05) is 37.1 Å². The van der Waals surface area contributed by atoms with E-state index >= 15 is 0 Å². The van der Waals surface area contributed by atoms with Crippen LogP contribution >= 0.6 is 11.6 Å². The fourth-order valence-corrected chi connectivity index (χ4v) is 3.06. The minimum absolute atomic E-state index is 0.0487. The van der Waals surface area contributed by atoms with Gasteiger partial charge in [0.25, 0.3) is 0 Å². The standard InChI is InChI=1S/C19H26ClN3O3/c1-3-4-10-23-11-9-17(21-23)16(18(26-2)13-19(24)22-25)12-14-5-7-15(20)8-6-14/h5-9,11,16,18,25H,3-4,10,12-13H2,1-2H3,(H,22,24)/t16-,18-/m1/s1. The van der Waals surface area contributed by atoms with Crippen LogP contribution in [0.25, 0.3) is 0 Å². The summed E-state index contributed by atoms with van der Waals surface area (Å²) >= 11 is 5.97. The number of hydrogen-bond donors (Lipinski definition) is 2. The van der Waals surface area contributed by atoms with Gasteiger partial charge in [-0.2, -0.15) is 5.10 Å². The summed E-state index contributed by atoms with van der Waals surface area (Å²) in [7, 11) is 1.57. The Balaban J connectivity index is 2.25. The van der Waals surface area contributed by atoms with Gasteiger partial charge >= 0.3 is 0 Å². The third-order valence-corrected chi connectivity index (χ3v) is 4.67. The zero-order valence-corrected chi connectivity index (χ0v) is 15.9. The summed E-state index contributed by atoms with van der Waals surface area (Å²) in [6.45, 7) is 3.00. The normalized spacial score (nSPS) is 13.4. The maximum absolute atomic E-state index is 11.7. The summed E-state index contributed by atoms with van der Waals surface area (Å²) < 4.78 is 7.50. The molecule has 1 aromatic heterocycles. The third kappa shape index (κ3) is 5.83. The van der Waals surface area contributed by atoms with E-state index in [4.69, 9.17) is 21.5 Å². The second kappa shape index (κ2) is 10.3. The van der Waals surface area contributed by atoms with Gasteiger partial charge < -0.3 is 4.74 Å². The molecule has 2 N–H and O–H groups in total. The van der Waals surface area contributed by atoms with Gasteiger partial charge in [-0.05, 0) is 36.6 Å². The number of carbonyl (C=O) groups excluding carboxylic acids is 1. The highest BCUT2D eigenvalue weighted by Gasteiger charge is 2.28. The van der Waals surface area contributed by atoms with E-state index in [-0.39, 0.29) is 12.3 Å². The van der Waals surface area contributed by atoms with E-state index in [1.165, 1.54) is 0 Å². The van der Waals surface area contributed by atoms with Crippen LogP contribution < -0.4 is 5.48 Å². The molecule has 2 rings (SSSR count). The minimum atomic E-state index is -0.483. The Morgan fingerprint density at radius 2 is 2.08 bits per heavy atom. The largest absolute Gasteiger partial charge is 0.380 e. The van der Waals surface area contributed by atoms with Crippen molar-refractivity contribution in [3.63, 3.8) is 0 Å². The van der Waals surface area contributed by atoms with Gasteiger partial charge in [-0.3, -0.25) is 14.7 Å². The highest BCUT2D eigenvalue weighted by atomic mass is 35.5. The van der Waals surface area contributed by atoms with Crippen molar-refractivity contribution in [3.8, 4) is 0 Å². The molecular formula is C19H26ClN3O3. The van der Waals surface area contributed by atoms with Crippen molar-refractivity contribution in [2.24, 2.45) is 0 Å². The van der Waals surface area contributed by atoms with Crippen LogP contribution in [0.3, 0.4) is 0 Å². The Kier molecular flexibility index (Phi) is 8.09. The van der Waals surface area contributed by atoms with Crippen molar-refractivity contribution in [2.75, 3.05) is 7.11 Å². The Morgan fingerprint density at radius 3 is 2.69 bits per heavy atom. The maximum Gasteiger partial charge on any atom is 0.245 e. The van der Waals surface area contributed by atoms with Gasteiger partial charge in [-0.25, -0.2) is 5.48 Å². The lowest BCUT2D eigenvalue weighted by atomic mass is 9.89. The first-order chi connectivity index (χ1) is 12.6. The lowest BCUT2D eigenvalue weighted by Gasteiger charge is -2.24. The van der Waals surface area contributed by atoms with Crippen molar-refractivity contribution in [1.82, 2.24) is 15.3 Å². The van der Waals surface area contributed by atoms with Crippen LogP contribution in [0.2, 0.25) is 5.02 Å². The number of methoxy groups -OCH3 is 1. The van der Waals surface area contributed by atoms with Gasteiger partial charge in [0.2, 0.25) is 5.91 Å². The number of ether oxygens (including phenoxy) is 1. The molecule has 2 atom stereocenters. The predicted molar refractivity (Wildman–Crippen MR) is 100 cm³/mol. The van der Waals surface area contributed by atoms with E-state index in [0.29, 0.717) is 11.4 Å². The summed E-state index contributed by atoms with van der Waals surface area (Å²) in [5, 5.41) is 14.2. The number of aromatic nitrogens is 2. The predicted octanol–water partition coefficient (Wildman–Crippen LogP) is 3.57. The number of carbonyl (C=O) groups is 1. The SMILES string of the molecule is CCCCn1ccc([C@@H](Cc2ccc(Cl)cc2)[C@@H](CC(=O)NO)OC)n1. The second-order valence-electron chi connectivity index (χ2n) is 6.31. The second-order valence-corrected chi connectivity index (χ2v) is 6.74. The first-order valence-electron chi connectivity index (χ1n) is 8.80. The molecule has 26 heavy (non-hydrogen) atoms. The zero-order valence-electron chi connectivity index (χ0n) is 15.2. The van der Waals surface area contributed by atoms with Crippen molar-refractivity contribution < 1.29 is 14.7 Å². The van der Waals surface area contributed by atoms with Crippen molar-refractivity contribution in [1.29, 1.82) is 0 Å². The molecule has 0 bridgehead atoms. The lowest BCUT2D eigenvalue weighted by molar-refractivity contribution is -0.132. The molecule has 1 aromatic carbocycles. The molecule has 7 heteroatoms. The summed E-state index contributed by atoms with van der Waals surface area (Å²) in [4.78, 5) is 11.7. The Bertz CT molecular complexity index is 688. The van der Waals surface area contributed by atoms with Crippen LogP contribution in [0, 0.1) is 0 Å². The van der Waals surface area contributed by atoms with Crippen molar-refractivity contribution in [3.05, 3.63) is 52.8 Å². The summed E-state index contributed by atoms with van der Waals surface area (Å²) in [6.07, 6.45) is 4.40. The molecule has 0 aliphatic carbocycles. The molecular weight excluding hydrogens is 354 g/mol. The molecule has 2 aromatic rings. The fourth-order valence-electron chi connectivity index (χ4n) is 2.94. The number of unbranched alkanes of at least 4 members (excludes halogenated alkanes) is 1. The van der Waals surface area contributed by atoms with Crippen molar-refractivity contribution in [2.45, 2.75) is 51.2 Å². The number of aryl methyl sites for hydroxylation is 1. The third-order valence-electron chi connectivity index (χ3n) is 4.41. The molecule has 142 valence electrons. The van der Waals surface area contributed by atoms with Gasteiger partial charge in [0.15, 0.2) is 0 Å². The number of hydrogen-bond acceptors (Lipinski definition) is 4. The number of rotatable bonds is 10. The number of amides is 1. The number of hydroxylamine groups is 1. The van der Waals surface area contributed by atoms with Crippen molar-refractivity contribution >= 4 is 17.5 Å². The molecule has 0 saturated heterocycles. The van der Waals surface area contributed by atoms with Gasteiger partial charge in [0, 0.05) is 30.8 Å². The minimum Gasteiger partial charge on any atom is -0.380 e. The highest BCUT2D eigenvalue weighted by molar-refractivity contribution is 6.30. The monoisotopic (exact) mass is 379 g/mol. The maximum atomic E-state index is 11.7. The van der Waals surface area contributed by atoms with E-state index in [0.717, 1.165) is 30.6 Å². The molecule has 0 fully saturated rings. The van der Waals surface area contributed by atoms with E-state index in [1.807, 2.05) is 41.2 Å². The molecule has 0 spiro atoms. The Labute approximate surface area is 159 Å². The molecule has 1 heterocycles.